The van der Waals surface area contributed by atoms with Gasteiger partial charge in [-0.05, 0) is 31.2 Å². The predicted molar refractivity (Wildman–Crippen MR) is 89.5 cm³/mol. The van der Waals surface area contributed by atoms with Gasteiger partial charge in [0, 0.05) is 39.1 Å². The molecule has 1 saturated heterocycles. The Morgan fingerprint density at radius 3 is 2.73 bits per heavy atom. The van der Waals surface area contributed by atoms with E-state index in [1.54, 1.807) is 0 Å². The number of hydrogen-bond donors (Lipinski definition) is 0. The van der Waals surface area contributed by atoms with Crippen molar-refractivity contribution in [3.05, 3.63) is 47.5 Å². The first-order chi connectivity index (χ1) is 10.7. The Morgan fingerprint density at radius 2 is 2.05 bits per heavy atom. The molecule has 1 atom stereocenters. The lowest BCUT2D eigenvalue weighted by Crippen LogP contribution is -2.48. The third-order valence-electron chi connectivity index (χ3n) is 4.76. The molecular formula is C19H26N2O. The molecule has 1 fully saturated rings. The van der Waals surface area contributed by atoms with Gasteiger partial charge in [-0.1, -0.05) is 42.0 Å². The predicted octanol–water partition coefficient (Wildman–Crippen LogP) is 3.00. The van der Waals surface area contributed by atoms with Gasteiger partial charge in [0.1, 0.15) is 0 Å². The first-order valence-corrected chi connectivity index (χ1v) is 8.43. The van der Waals surface area contributed by atoms with Gasteiger partial charge in [0.2, 0.25) is 5.91 Å². The molecule has 1 aliphatic heterocycles. The summed E-state index contributed by atoms with van der Waals surface area (Å²) in [6.07, 6.45) is 7.42. The topological polar surface area (TPSA) is 23.6 Å². The zero-order chi connectivity index (χ0) is 15.4. The van der Waals surface area contributed by atoms with Crippen LogP contribution in [-0.4, -0.2) is 41.9 Å². The minimum atomic E-state index is 0.340. The van der Waals surface area contributed by atoms with Gasteiger partial charge in [-0.2, -0.15) is 0 Å². The first-order valence-electron chi connectivity index (χ1n) is 8.43. The number of allylic oxidation sites excluding steroid dienone is 2. The Kier molecular flexibility index (Phi) is 4.94. The molecule has 1 unspecified atom stereocenters. The largest absolute Gasteiger partial charge is 0.340 e. The Labute approximate surface area is 133 Å². The van der Waals surface area contributed by atoms with Crippen LogP contribution in [0.5, 0.6) is 0 Å². The normalized spacial score (nSPS) is 22.2. The summed E-state index contributed by atoms with van der Waals surface area (Å²) in [7, 11) is 0. The lowest BCUT2D eigenvalue weighted by atomic mass is 10.0. The van der Waals surface area contributed by atoms with E-state index in [0.29, 0.717) is 18.2 Å². The number of rotatable bonds is 4. The van der Waals surface area contributed by atoms with Gasteiger partial charge in [0.05, 0.1) is 0 Å². The number of hydrogen-bond acceptors (Lipinski definition) is 2. The van der Waals surface area contributed by atoms with Crippen molar-refractivity contribution in [2.24, 2.45) is 5.92 Å². The van der Waals surface area contributed by atoms with E-state index in [1.165, 1.54) is 11.1 Å². The second-order valence-corrected chi connectivity index (χ2v) is 6.62. The zero-order valence-corrected chi connectivity index (χ0v) is 13.5. The Hall–Kier alpha value is -1.61. The fourth-order valence-corrected chi connectivity index (χ4v) is 3.44. The Morgan fingerprint density at radius 1 is 1.23 bits per heavy atom. The first kappa shape index (κ1) is 15.3. The summed E-state index contributed by atoms with van der Waals surface area (Å²) in [5.41, 5.74) is 2.69. The summed E-state index contributed by atoms with van der Waals surface area (Å²) >= 11 is 0. The Bertz CT molecular complexity index is 544. The molecule has 0 aromatic heterocycles. The van der Waals surface area contributed by atoms with Crippen LogP contribution in [0, 0.1) is 12.8 Å². The monoisotopic (exact) mass is 298 g/mol. The van der Waals surface area contributed by atoms with Gasteiger partial charge >= 0.3 is 0 Å². The molecule has 3 rings (SSSR count). The van der Waals surface area contributed by atoms with Crippen molar-refractivity contribution in [1.82, 2.24) is 9.80 Å². The summed E-state index contributed by atoms with van der Waals surface area (Å²) in [5.74, 6) is 0.824. The minimum absolute atomic E-state index is 0.340. The van der Waals surface area contributed by atoms with E-state index in [4.69, 9.17) is 0 Å². The van der Waals surface area contributed by atoms with Gasteiger partial charge in [-0.3, -0.25) is 9.69 Å². The highest BCUT2D eigenvalue weighted by molar-refractivity contribution is 5.76. The standard InChI is InChI=1S/C19H26N2O/c1-16-5-4-8-18(13-16)15-20-9-11-21(12-10-20)19(22)14-17-6-2-3-7-17/h2,4-6,8,13,17H,3,7,9-12,14-15H2,1H3. The number of nitrogens with zero attached hydrogens (tertiary/aromatic N) is 2. The fourth-order valence-electron chi connectivity index (χ4n) is 3.44. The van der Waals surface area contributed by atoms with Crippen molar-refractivity contribution in [2.75, 3.05) is 26.2 Å². The molecule has 0 saturated carbocycles. The summed E-state index contributed by atoms with van der Waals surface area (Å²) in [5, 5.41) is 0. The van der Waals surface area contributed by atoms with Crippen molar-refractivity contribution in [3.63, 3.8) is 0 Å². The summed E-state index contributed by atoms with van der Waals surface area (Å²) in [6.45, 7) is 6.86. The number of carbonyl (C=O) groups is 1. The highest BCUT2D eigenvalue weighted by atomic mass is 16.2. The lowest BCUT2D eigenvalue weighted by molar-refractivity contribution is -0.133. The molecule has 118 valence electrons. The summed E-state index contributed by atoms with van der Waals surface area (Å²) in [6, 6.07) is 8.71. The van der Waals surface area contributed by atoms with Crippen LogP contribution in [0.2, 0.25) is 0 Å². The molecule has 22 heavy (non-hydrogen) atoms. The van der Waals surface area contributed by atoms with Gasteiger partial charge in [-0.15, -0.1) is 0 Å². The smallest absolute Gasteiger partial charge is 0.223 e. The maximum atomic E-state index is 12.3. The van der Waals surface area contributed by atoms with Crippen molar-refractivity contribution in [1.29, 1.82) is 0 Å². The van der Waals surface area contributed by atoms with Gasteiger partial charge in [0.15, 0.2) is 0 Å². The maximum absolute atomic E-state index is 12.3. The molecular weight excluding hydrogens is 272 g/mol. The quantitative estimate of drug-likeness (QED) is 0.798. The van der Waals surface area contributed by atoms with Crippen molar-refractivity contribution in [3.8, 4) is 0 Å². The molecule has 1 heterocycles. The number of amides is 1. The van der Waals surface area contributed by atoms with E-state index in [0.717, 1.165) is 45.6 Å². The van der Waals surface area contributed by atoms with Crippen LogP contribution in [0.1, 0.15) is 30.4 Å². The van der Waals surface area contributed by atoms with Crippen LogP contribution in [0.4, 0.5) is 0 Å². The number of piperazine rings is 1. The SMILES string of the molecule is Cc1cccc(CN2CCN(C(=O)CC3C=CCC3)CC2)c1. The molecule has 2 aliphatic rings. The van der Waals surface area contributed by atoms with Crippen molar-refractivity contribution >= 4 is 5.91 Å². The van der Waals surface area contributed by atoms with Crippen molar-refractivity contribution < 1.29 is 4.79 Å². The van der Waals surface area contributed by atoms with Gasteiger partial charge in [0.25, 0.3) is 0 Å². The van der Waals surface area contributed by atoms with Crippen molar-refractivity contribution in [2.45, 2.75) is 32.7 Å². The van der Waals surface area contributed by atoms with E-state index >= 15 is 0 Å². The fraction of sp³-hybridized carbons (Fsp3) is 0.526. The molecule has 1 aliphatic carbocycles. The molecule has 0 N–H and O–H groups in total. The maximum Gasteiger partial charge on any atom is 0.223 e. The van der Waals surface area contributed by atoms with Gasteiger partial charge in [-0.25, -0.2) is 0 Å². The zero-order valence-electron chi connectivity index (χ0n) is 13.5. The van der Waals surface area contributed by atoms with Crippen LogP contribution >= 0.6 is 0 Å². The summed E-state index contributed by atoms with van der Waals surface area (Å²) < 4.78 is 0. The van der Waals surface area contributed by atoms with E-state index in [1.807, 2.05) is 0 Å². The number of aryl methyl sites for hydroxylation is 1. The summed E-state index contributed by atoms with van der Waals surface area (Å²) in [4.78, 5) is 16.8. The highest BCUT2D eigenvalue weighted by Gasteiger charge is 2.23. The third kappa shape index (κ3) is 3.98. The lowest BCUT2D eigenvalue weighted by Gasteiger charge is -2.35. The Balaban J connectivity index is 1.45. The molecule has 1 aromatic rings. The second-order valence-electron chi connectivity index (χ2n) is 6.62. The minimum Gasteiger partial charge on any atom is -0.340 e. The van der Waals surface area contributed by atoms with E-state index in [2.05, 4.69) is 53.1 Å². The molecule has 0 spiro atoms. The number of carbonyl (C=O) groups excluding carboxylic acids is 1. The molecule has 3 nitrogen and oxygen atoms in total. The molecule has 1 amide bonds. The average molecular weight is 298 g/mol. The average Bonchev–Trinajstić information content (AvgIpc) is 3.01. The van der Waals surface area contributed by atoms with Crippen LogP contribution in [0.3, 0.4) is 0 Å². The van der Waals surface area contributed by atoms with E-state index < -0.39 is 0 Å². The molecule has 3 heteroatoms. The molecule has 0 radical (unpaired) electrons. The molecule has 1 aromatic carbocycles. The van der Waals surface area contributed by atoms with Crippen LogP contribution < -0.4 is 0 Å². The van der Waals surface area contributed by atoms with Crippen LogP contribution in [0.25, 0.3) is 0 Å². The third-order valence-corrected chi connectivity index (χ3v) is 4.76. The van der Waals surface area contributed by atoms with Crippen LogP contribution in [-0.2, 0) is 11.3 Å². The van der Waals surface area contributed by atoms with Gasteiger partial charge < -0.3 is 4.90 Å². The highest BCUT2D eigenvalue weighted by Crippen LogP contribution is 2.21. The van der Waals surface area contributed by atoms with E-state index in [-0.39, 0.29) is 0 Å². The number of benzene rings is 1. The van der Waals surface area contributed by atoms with E-state index in [9.17, 15) is 4.79 Å². The molecule has 0 bridgehead atoms. The van der Waals surface area contributed by atoms with Crippen LogP contribution in [0.15, 0.2) is 36.4 Å². The second kappa shape index (κ2) is 7.10.